The lowest BCUT2D eigenvalue weighted by molar-refractivity contribution is 0.163. The molecule has 19 heavy (non-hydrogen) atoms. The fourth-order valence-electron chi connectivity index (χ4n) is 4.17. The summed E-state index contributed by atoms with van der Waals surface area (Å²) in [6.45, 7) is 11.0. The van der Waals surface area contributed by atoms with E-state index in [1.807, 2.05) is 0 Å². The van der Waals surface area contributed by atoms with Gasteiger partial charge >= 0.3 is 0 Å². The van der Waals surface area contributed by atoms with Crippen molar-refractivity contribution in [1.29, 1.82) is 0 Å². The Morgan fingerprint density at radius 2 is 2.00 bits per heavy atom. The number of nitrogens with two attached hydrogens (primary N) is 1. The Labute approximate surface area is 120 Å². The molecule has 1 aliphatic carbocycles. The van der Waals surface area contributed by atoms with Crippen molar-refractivity contribution in [2.45, 2.75) is 65.3 Å². The van der Waals surface area contributed by atoms with Crippen LogP contribution in [0.1, 0.15) is 59.3 Å². The van der Waals surface area contributed by atoms with Gasteiger partial charge in [0.05, 0.1) is 0 Å². The Morgan fingerprint density at radius 3 is 2.63 bits per heavy atom. The minimum absolute atomic E-state index is 0.464. The van der Waals surface area contributed by atoms with Crippen molar-refractivity contribution in [2.75, 3.05) is 19.6 Å². The summed E-state index contributed by atoms with van der Waals surface area (Å²) < 4.78 is 0. The number of likely N-dealkylation sites (tertiary alicyclic amines) is 1. The fraction of sp³-hybridized carbons (Fsp3) is 1.00. The Bertz CT molecular complexity index is 264. The number of nitrogens with zero attached hydrogens (tertiary/aromatic N) is 1. The molecule has 0 aromatic carbocycles. The minimum Gasteiger partial charge on any atom is -0.327 e. The average molecular weight is 266 g/mol. The molecule has 0 amide bonds. The lowest BCUT2D eigenvalue weighted by atomic mass is 9.76. The zero-order valence-corrected chi connectivity index (χ0v) is 13.3. The Morgan fingerprint density at radius 1 is 1.21 bits per heavy atom. The van der Waals surface area contributed by atoms with Crippen LogP contribution in [0.2, 0.25) is 0 Å². The molecule has 0 bridgehead atoms. The molecule has 4 unspecified atom stereocenters. The summed E-state index contributed by atoms with van der Waals surface area (Å²) in [5.41, 5.74) is 6.38. The van der Waals surface area contributed by atoms with Crippen LogP contribution in [0.5, 0.6) is 0 Å². The van der Waals surface area contributed by atoms with Gasteiger partial charge in [-0.05, 0) is 55.9 Å². The quantitative estimate of drug-likeness (QED) is 0.825. The molecule has 112 valence electrons. The topological polar surface area (TPSA) is 29.3 Å². The van der Waals surface area contributed by atoms with Crippen LogP contribution in [0.4, 0.5) is 0 Å². The highest BCUT2D eigenvalue weighted by atomic mass is 15.1. The molecular weight excluding hydrogens is 232 g/mol. The number of rotatable bonds is 5. The van der Waals surface area contributed by atoms with Gasteiger partial charge in [-0.15, -0.1) is 0 Å². The summed E-state index contributed by atoms with van der Waals surface area (Å²) in [6.07, 6.45) is 8.18. The van der Waals surface area contributed by atoms with E-state index in [2.05, 4.69) is 25.7 Å². The van der Waals surface area contributed by atoms with Crippen LogP contribution in [0.3, 0.4) is 0 Å². The van der Waals surface area contributed by atoms with Crippen molar-refractivity contribution in [3.8, 4) is 0 Å². The SMILES string of the molecule is CCCC1CCC(N)C(CN2CCC(C(C)C)C2)C1. The van der Waals surface area contributed by atoms with Crippen LogP contribution in [-0.2, 0) is 0 Å². The monoisotopic (exact) mass is 266 g/mol. The summed E-state index contributed by atoms with van der Waals surface area (Å²) in [4.78, 5) is 2.70. The zero-order chi connectivity index (χ0) is 13.8. The van der Waals surface area contributed by atoms with Gasteiger partial charge in [0.15, 0.2) is 0 Å². The molecule has 1 heterocycles. The summed E-state index contributed by atoms with van der Waals surface area (Å²) in [6, 6.07) is 0.464. The van der Waals surface area contributed by atoms with Crippen LogP contribution in [0, 0.1) is 23.7 Å². The molecule has 2 N–H and O–H groups in total. The average Bonchev–Trinajstić information content (AvgIpc) is 2.82. The molecule has 1 saturated carbocycles. The van der Waals surface area contributed by atoms with E-state index in [0.29, 0.717) is 6.04 Å². The lowest BCUT2D eigenvalue weighted by Gasteiger charge is -2.36. The normalized spacial score (nSPS) is 37.1. The van der Waals surface area contributed by atoms with E-state index < -0.39 is 0 Å². The van der Waals surface area contributed by atoms with Gasteiger partial charge < -0.3 is 10.6 Å². The molecule has 1 saturated heterocycles. The zero-order valence-electron chi connectivity index (χ0n) is 13.3. The standard InChI is InChI=1S/C17H34N2/c1-4-5-14-6-7-17(18)16(10-14)12-19-9-8-15(11-19)13(2)3/h13-17H,4-12,18H2,1-3H3. The van der Waals surface area contributed by atoms with Crippen LogP contribution in [0.15, 0.2) is 0 Å². The molecular formula is C17H34N2. The molecule has 0 aromatic rings. The first-order chi connectivity index (χ1) is 9.10. The summed E-state index contributed by atoms with van der Waals surface area (Å²) in [5.74, 6) is 3.48. The maximum absolute atomic E-state index is 6.38. The van der Waals surface area contributed by atoms with E-state index in [1.165, 1.54) is 58.2 Å². The number of hydrogen-bond donors (Lipinski definition) is 1. The van der Waals surface area contributed by atoms with Gasteiger partial charge in [0, 0.05) is 19.1 Å². The lowest BCUT2D eigenvalue weighted by Crippen LogP contribution is -2.42. The predicted molar refractivity (Wildman–Crippen MR) is 83.1 cm³/mol. The van der Waals surface area contributed by atoms with E-state index in [1.54, 1.807) is 0 Å². The van der Waals surface area contributed by atoms with Crippen molar-refractivity contribution in [2.24, 2.45) is 29.4 Å². The van der Waals surface area contributed by atoms with Gasteiger partial charge in [-0.3, -0.25) is 0 Å². The fourth-order valence-corrected chi connectivity index (χ4v) is 4.17. The highest BCUT2D eigenvalue weighted by Gasteiger charge is 2.32. The maximum atomic E-state index is 6.38. The van der Waals surface area contributed by atoms with Crippen molar-refractivity contribution in [3.63, 3.8) is 0 Å². The van der Waals surface area contributed by atoms with E-state index >= 15 is 0 Å². The summed E-state index contributed by atoms with van der Waals surface area (Å²) in [7, 11) is 0. The maximum Gasteiger partial charge on any atom is 0.00795 e. The summed E-state index contributed by atoms with van der Waals surface area (Å²) >= 11 is 0. The molecule has 1 aliphatic heterocycles. The van der Waals surface area contributed by atoms with Gasteiger partial charge in [0.2, 0.25) is 0 Å². The molecule has 2 heteroatoms. The van der Waals surface area contributed by atoms with Crippen molar-refractivity contribution in [3.05, 3.63) is 0 Å². The van der Waals surface area contributed by atoms with E-state index in [9.17, 15) is 0 Å². The van der Waals surface area contributed by atoms with Gasteiger partial charge in [-0.25, -0.2) is 0 Å². The second-order valence-corrected chi connectivity index (χ2v) is 7.44. The van der Waals surface area contributed by atoms with Crippen molar-refractivity contribution >= 4 is 0 Å². The Kier molecular flexibility index (Phi) is 5.70. The van der Waals surface area contributed by atoms with E-state index in [4.69, 9.17) is 5.73 Å². The third-order valence-electron chi connectivity index (χ3n) is 5.59. The van der Waals surface area contributed by atoms with Gasteiger partial charge in [-0.1, -0.05) is 33.6 Å². The first kappa shape index (κ1) is 15.3. The van der Waals surface area contributed by atoms with E-state index in [0.717, 1.165) is 23.7 Å². The van der Waals surface area contributed by atoms with Crippen molar-refractivity contribution < 1.29 is 0 Å². The molecule has 0 aromatic heterocycles. The predicted octanol–water partition coefficient (Wildman–Crippen LogP) is 3.51. The van der Waals surface area contributed by atoms with Crippen LogP contribution in [-0.4, -0.2) is 30.6 Å². The minimum atomic E-state index is 0.464. The molecule has 2 nitrogen and oxygen atoms in total. The smallest absolute Gasteiger partial charge is 0.00795 e. The third kappa shape index (κ3) is 4.19. The Hall–Kier alpha value is -0.0800. The second kappa shape index (κ2) is 7.08. The molecule has 2 fully saturated rings. The van der Waals surface area contributed by atoms with Gasteiger partial charge in [0.1, 0.15) is 0 Å². The van der Waals surface area contributed by atoms with Crippen LogP contribution < -0.4 is 5.73 Å². The first-order valence-corrected chi connectivity index (χ1v) is 8.58. The van der Waals surface area contributed by atoms with Crippen molar-refractivity contribution in [1.82, 2.24) is 4.90 Å². The van der Waals surface area contributed by atoms with Crippen LogP contribution in [0.25, 0.3) is 0 Å². The second-order valence-electron chi connectivity index (χ2n) is 7.44. The third-order valence-corrected chi connectivity index (χ3v) is 5.59. The highest BCUT2D eigenvalue weighted by Crippen LogP contribution is 2.33. The van der Waals surface area contributed by atoms with Gasteiger partial charge in [0.25, 0.3) is 0 Å². The molecule has 2 rings (SSSR count). The van der Waals surface area contributed by atoms with E-state index in [-0.39, 0.29) is 0 Å². The largest absolute Gasteiger partial charge is 0.327 e. The molecule has 0 radical (unpaired) electrons. The van der Waals surface area contributed by atoms with Crippen LogP contribution >= 0.6 is 0 Å². The molecule has 4 atom stereocenters. The molecule has 0 spiro atoms. The summed E-state index contributed by atoms with van der Waals surface area (Å²) in [5, 5.41) is 0. The number of hydrogen-bond acceptors (Lipinski definition) is 2. The Balaban J connectivity index is 1.80. The van der Waals surface area contributed by atoms with Gasteiger partial charge in [-0.2, -0.15) is 0 Å². The highest BCUT2D eigenvalue weighted by molar-refractivity contribution is 4.87. The first-order valence-electron chi connectivity index (χ1n) is 8.58. The molecule has 2 aliphatic rings.